The third-order valence-corrected chi connectivity index (χ3v) is 5.47. The molecule has 7 heteroatoms. The summed E-state index contributed by atoms with van der Waals surface area (Å²) in [5.74, 6) is -0.812. The van der Waals surface area contributed by atoms with Gasteiger partial charge in [0.05, 0.1) is 30.7 Å². The number of anilines is 1. The van der Waals surface area contributed by atoms with E-state index in [1.807, 2.05) is 24.3 Å². The smallest absolute Gasteiger partial charge is 0.337 e. The Morgan fingerprint density at radius 1 is 1.27 bits per heavy atom. The Hall–Kier alpha value is -3.19. The number of nitrogens with one attached hydrogen (secondary N) is 1. The fourth-order valence-corrected chi connectivity index (χ4v) is 3.83. The van der Waals surface area contributed by atoms with Gasteiger partial charge in [-0.15, -0.1) is 0 Å². The number of benzene rings is 2. The van der Waals surface area contributed by atoms with E-state index in [-0.39, 0.29) is 30.6 Å². The number of hydrogen-bond acceptors (Lipinski definition) is 5. The van der Waals surface area contributed by atoms with Gasteiger partial charge in [0, 0.05) is 30.4 Å². The van der Waals surface area contributed by atoms with E-state index in [0.717, 1.165) is 6.42 Å². The van der Waals surface area contributed by atoms with Crippen LogP contribution in [0.1, 0.15) is 22.3 Å². The first-order valence-electron chi connectivity index (χ1n) is 9.86. The molecule has 0 saturated carbocycles. The van der Waals surface area contributed by atoms with Crippen molar-refractivity contribution in [2.45, 2.75) is 17.9 Å². The molecule has 6 nitrogen and oxygen atoms in total. The normalized spacial score (nSPS) is 23.1. The second kappa shape index (κ2) is 8.67. The maximum Gasteiger partial charge on any atom is 0.337 e. The van der Waals surface area contributed by atoms with Crippen LogP contribution in [0.15, 0.2) is 65.4 Å². The van der Waals surface area contributed by atoms with Gasteiger partial charge in [0.25, 0.3) is 0 Å². The minimum atomic E-state index is -1.11. The summed E-state index contributed by atoms with van der Waals surface area (Å²) in [5.41, 5.74) is 0.109. The lowest BCUT2D eigenvalue weighted by Gasteiger charge is -2.35. The molecule has 0 aromatic heterocycles. The van der Waals surface area contributed by atoms with Gasteiger partial charge < -0.3 is 19.9 Å². The van der Waals surface area contributed by atoms with E-state index in [1.54, 1.807) is 18.2 Å². The molecule has 2 aromatic carbocycles. The van der Waals surface area contributed by atoms with Gasteiger partial charge in [0.2, 0.25) is 0 Å². The highest BCUT2D eigenvalue weighted by Gasteiger charge is 2.41. The van der Waals surface area contributed by atoms with E-state index in [2.05, 4.69) is 10.3 Å². The third-order valence-electron chi connectivity index (χ3n) is 5.47. The number of para-hydroxylation sites is 2. The summed E-state index contributed by atoms with van der Waals surface area (Å²) < 4.78 is 26.9. The van der Waals surface area contributed by atoms with Crippen molar-refractivity contribution in [1.29, 1.82) is 0 Å². The van der Waals surface area contributed by atoms with Gasteiger partial charge >= 0.3 is 5.97 Å². The van der Waals surface area contributed by atoms with E-state index in [0.29, 0.717) is 30.2 Å². The molecule has 0 spiro atoms. The predicted octanol–water partition coefficient (Wildman–Crippen LogP) is 3.84. The van der Waals surface area contributed by atoms with Gasteiger partial charge in [0.15, 0.2) is 0 Å². The maximum absolute atomic E-state index is 15.4. The Balaban J connectivity index is 1.69. The molecule has 2 aliphatic rings. The van der Waals surface area contributed by atoms with Crippen LogP contribution in [0.25, 0.3) is 0 Å². The Morgan fingerprint density at radius 2 is 2.07 bits per heavy atom. The lowest BCUT2D eigenvalue weighted by atomic mass is 9.77. The largest absolute Gasteiger partial charge is 0.488 e. The zero-order chi connectivity index (χ0) is 21.0. The van der Waals surface area contributed by atoms with Crippen LogP contribution in [0.4, 0.5) is 10.1 Å². The van der Waals surface area contributed by atoms with Crippen LogP contribution in [0, 0.1) is 0 Å². The SMILES string of the molecule is O=C(O)c1ccccc1NC[C@]1(c2ccccc2OC2CCOC2)CN=CC=C1F. The van der Waals surface area contributed by atoms with Crippen molar-refractivity contribution in [3.05, 3.63) is 71.6 Å². The second-order valence-electron chi connectivity index (χ2n) is 7.39. The summed E-state index contributed by atoms with van der Waals surface area (Å²) >= 11 is 0. The van der Waals surface area contributed by atoms with E-state index >= 15 is 4.39 Å². The number of carboxylic acid groups (broad SMARTS) is 1. The number of aromatic carboxylic acids is 1. The molecule has 0 bridgehead atoms. The Labute approximate surface area is 174 Å². The highest BCUT2D eigenvalue weighted by molar-refractivity contribution is 5.94. The highest BCUT2D eigenvalue weighted by Crippen LogP contribution is 2.41. The van der Waals surface area contributed by atoms with Crippen molar-refractivity contribution in [3.63, 3.8) is 0 Å². The first-order valence-corrected chi connectivity index (χ1v) is 9.86. The number of ether oxygens (including phenoxy) is 2. The monoisotopic (exact) mass is 410 g/mol. The Kier molecular flexibility index (Phi) is 5.81. The Morgan fingerprint density at radius 3 is 2.83 bits per heavy atom. The van der Waals surface area contributed by atoms with Gasteiger partial charge in [0.1, 0.15) is 17.7 Å². The number of halogens is 1. The van der Waals surface area contributed by atoms with Crippen LogP contribution in [0.5, 0.6) is 5.75 Å². The summed E-state index contributed by atoms with van der Waals surface area (Å²) in [7, 11) is 0. The van der Waals surface area contributed by atoms with Crippen LogP contribution in [0.3, 0.4) is 0 Å². The first-order chi connectivity index (χ1) is 14.6. The van der Waals surface area contributed by atoms with Crippen LogP contribution < -0.4 is 10.1 Å². The number of allylic oxidation sites excluding steroid dienone is 1. The van der Waals surface area contributed by atoms with Crippen molar-refractivity contribution in [3.8, 4) is 5.75 Å². The average molecular weight is 410 g/mol. The van der Waals surface area contributed by atoms with Crippen molar-refractivity contribution in [2.24, 2.45) is 4.99 Å². The maximum atomic E-state index is 15.4. The number of carbonyl (C=O) groups is 1. The van der Waals surface area contributed by atoms with Crippen LogP contribution >= 0.6 is 0 Å². The molecule has 0 amide bonds. The molecule has 4 rings (SSSR count). The van der Waals surface area contributed by atoms with Gasteiger partial charge in [-0.3, -0.25) is 4.99 Å². The van der Waals surface area contributed by atoms with Gasteiger partial charge in [-0.05, 0) is 24.3 Å². The van der Waals surface area contributed by atoms with Crippen LogP contribution in [-0.2, 0) is 10.2 Å². The fourth-order valence-electron chi connectivity index (χ4n) is 3.83. The molecule has 1 saturated heterocycles. The average Bonchev–Trinajstić information content (AvgIpc) is 3.27. The van der Waals surface area contributed by atoms with E-state index in [1.165, 1.54) is 18.4 Å². The molecular formula is C23H23FN2O4. The molecule has 2 aromatic rings. The van der Waals surface area contributed by atoms with Crippen LogP contribution in [0.2, 0.25) is 0 Å². The fraction of sp³-hybridized carbons (Fsp3) is 0.304. The molecule has 2 atom stereocenters. The first kappa shape index (κ1) is 20.1. The lowest BCUT2D eigenvalue weighted by molar-refractivity contribution is 0.0698. The molecule has 2 heterocycles. The van der Waals surface area contributed by atoms with E-state index in [4.69, 9.17) is 9.47 Å². The molecule has 30 heavy (non-hydrogen) atoms. The molecule has 2 N–H and O–H groups in total. The van der Waals surface area contributed by atoms with Crippen LogP contribution in [-0.4, -0.2) is 49.7 Å². The van der Waals surface area contributed by atoms with Gasteiger partial charge in [-0.2, -0.15) is 0 Å². The molecule has 156 valence electrons. The number of hydrogen-bond donors (Lipinski definition) is 2. The zero-order valence-electron chi connectivity index (χ0n) is 16.4. The minimum Gasteiger partial charge on any atom is -0.488 e. The minimum absolute atomic E-state index is 0.0805. The summed E-state index contributed by atoms with van der Waals surface area (Å²) in [5, 5.41) is 12.6. The standard InChI is InChI=1S/C23H23FN2O4/c24-21-9-11-25-14-23(21,15-26-19-7-3-1-5-17(19)22(27)28)18-6-2-4-8-20(18)30-16-10-12-29-13-16/h1-9,11,16,26H,10,12-15H2,(H,27,28)/t16?,23-/m0/s1. The van der Waals surface area contributed by atoms with Gasteiger partial charge in [-0.25, -0.2) is 9.18 Å². The number of nitrogens with zero attached hydrogens (tertiary/aromatic N) is 1. The topological polar surface area (TPSA) is 80.2 Å². The summed E-state index contributed by atoms with van der Waals surface area (Å²) in [6, 6.07) is 13.9. The van der Waals surface area contributed by atoms with E-state index in [9.17, 15) is 9.90 Å². The summed E-state index contributed by atoms with van der Waals surface area (Å²) in [4.78, 5) is 15.9. The van der Waals surface area contributed by atoms with Crippen molar-refractivity contribution >= 4 is 17.9 Å². The molecule has 0 aliphatic carbocycles. The molecule has 1 unspecified atom stereocenters. The number of aliphatic imine (C=N–C) groups is 1. The number of dihydropyridines is 1. The quantitative estimate of drug-likeness (QED) is 0.725. The predicted molar refractivity (Wildman–Crippen MR) is 112 cm³/mol. The lowest BCUT2D eigenvalue weighted by Crippen LogP contribution is -2.40. The number of rotatable bonds is 7. The van der Waals surface area contributed by atoms with Crippen molar-refractivity contribution in [1.82, 2.24) is 0 Å². The third kappa shape index (κ3) is 3.93. The molecular weight excluding hydrogens is 387 g/mol. The Bertz CT molecular complexity index is 985. The molecule has 0 radical (unpaired) electrons. The van der Waals surface area contributed by atoms with Gasteiger partial charge in [-0.1, -0.05) is 30.3 Å². The number of carboxylic acids is 1. The van der Waals surface area contributed by atoms with Crippen molar-refractivity contribution in [2.75, 3.05) is 31.6 Å². The zero-order valence-corrected chi connectivity index (χ0v) is 16.4. The second-order valence-corrected chi connectivity index (χ2v) is 7.39. The summed E-state index contributed by atoms with van der Waals surface area (Å²) in [6.07, 6.45) is 3.50. The molecule has 2 aliphatic heterocycles. The summed E-state index contributed by atoms with van der Waals surface area (Å²) in [6.45, 7) is 1.45. The van der Waals surface area contributed by atoms with Crippen molar-refractivity contribution < 1.29 is 23.8 Å². The molecule has 1 fully saturated rings. The van der Waals surface area contributed by atoms with E-state index < -0.39 is 11.4 Å². The highest BCUT2D eigenvalue weighted by atomic mass is 19.1.